The van der Waals surface area contributed by atoms with Gasteiger partial charge in [-0.25, -0.2) is 0 Å². The van der Waals surface area contributed by atoms with Crippen LogP contribution in [0.1, 0.15) is 299 Å². The van der Waals surface area contributed by atoms with Gasteiger partial charge >= 0.3 is 0 Å². The summed E-state index contributed by atoms with van der Waals surface area (Å²) in [6, 6.07) is 38.1. The highest BCUT2D eigenvalue weighted by Gasteiger charge is 2.33. The van der Waals surface area contributed by atoms with Crippen LogP contribution in [0.25, 0.3) is 0 Å². The minimum absolute atomic E-state index is 0.124. The van der Waals surface area contributed by atoms with Gasteiger partial charge in [0, 0.05) is 49.5 Å². The molecule has 4 atom stereocenters. The second-order valence-corrected chi connectivity index (χ2v) is 35.9. The molecule has 1 saturated heterocycles. The standard InChI is InChI=1S/C26H43NO.C25H41NO.C23H37NO.C22H35NO/c1-21(2)19-24(27(5)18-10-13-22-11-8-7-9-12-22)20-26(3,4)23-14-16-25(28-6)17-15-23;1-20(2)18-23(26-17-9-12-21-10-7-6-8-11-21)19-25(3,4)22-13-15-24(27-5)16-14-22;1-18(2)16-21(24(5)20-10-8-7-9-11-20)17-23(3,4)19-12-14-22(25-6)15-13-19;1-17(2)15-21(23(6)20-11-13-24-14-12-20)16-22(4,5)19-9-7-18(3)8-10-19/h14-17,19,22,24H,7-13,18,20H2,1-6H3;13-16,18,21,23,26H,6-12,17,19H2,1-5H3;12-16,20-21H,7-11,17H2,1-6H3;7-10,15,20-21H,11-14,16H2,1-6H3. The van der Waals surface area contributed by atoms with Crippen molar-refractivity contribution in [1.82, 2.24) is 20.0 Å². The molecule has 0 spiro atoms. The van der Waals surface area contributed by atoms with Crippen LogP contribution in [0, 0.1) is 18.8 Å². The predicted molar refractivity (Wildman–Crippen MR) is 452 cm³/mol. The van der Waals surface area contributed by atoms with E-state index in [0.29, 0.717) is 30.2 Å². The molecule has 8 nitrogen and oxygen atoms in total. The van der Waals surface area contributed by atoms with Gasteiger partial charge in [-0.15, -0.1) is 0 Å². The molecule has 1 heterocycles. The molecular formula is C96H156N4O4. The maximum absolute atomic E-state index is 5.55. The van der Waals surface area contributed by atoms with Gasteiger partial charge in [0.25, 0.3) is 0 Å². The largest absolute Gasteiger partial charge is 0.497 e. The Labute approximate surface area is 640 Å². The quantitative estimate of drug-likeness (QED) is 0.0374. The Morgan fingerprint density at radius 2 is 0.731 bits per heavy atom. The molecule has 4 aromatic carbocycles. The second kappa shape index (κ2) is 45.8. The van der Waals surface area contributed by atoms with E-state index >= 15 is 0 Å². The molecule has 3 saturated carbocycles. The molecule has 4 aliphatic rings. The third-order valence-electron chi connectivity index (χ3n) is 23.7. The lowest BCUT2D eigenvalue weighted by Gasteiger charge is -2.40. The van der Waals surface area contributed by atoms with E-state index in [4.69, 9.17) is 18.9 Å². The van der Waals surface area contributed by atoms with Gasteiger partial charge < -0.3 is 24.3 Å². The number of nitrogens with zero attached hydrogens (tertiary/aromatic N) is 3. The molecule has 3 aliphatic carbocycles. The number of methoxy groups -OCH3 is 3. The maximum atomic E-state index is 5.55. The lowest BCUT2D eigenvalue weighted by Crippen LogP contribution is -2.44. The summed E-state index contributed by atoms with van der Waals surface area (Å²) in [6.07, 6.45) is 43.5. The fraction of sp³-hybridized carbons (Fsp3) is 0.667. The highest BCUT2D eigenvalue weighted by atomic mass is 16.5. The van der Waals surface area contributed by atoms with E-state index < -0.39 is 0 Å². The number of aryl methyl sites for hydroxylation is 1. The predicted octanol–water partition coefficient (Wildman–Crippen LogP) is 24.7. The Balaban J connectivity index is 0.000000250. The van der Waals surface area contributed by atoms with Gasteiger partial charge in [-0.1, -0.05) is 252 Å². The third kappa shape index (κ3) is 32.5. The van der Waals surface area contributed by atoms with E-state index in [1.54, 1.807) is 21.3 Å². The van der Waals surface area contributed by atoms with Crippen molar-refractivity contribution in [2.75, 3.05) is 68.8 Å². The normalized spacial score (nSPS) is 17.2. The van der Waals surface area contributed by atoms with Crippen LogP contribution in [0.4, 0.5) is 0 Å². The zero-order valence-corrected chi connectivity index (χ0v) is 71.1. The molecule has 4 fully saturated rings. The van der Waals surface area contributed by atoms with Gasteiger partial charge in [0.2, 0.25) is 0 Å². The van der Waals surface area contributed by atoms with Crippen LogP contribution in [0.15, 0.2) is 144 Å². The molecule has 8 rings (SSSR count). The Morgan fingerprint density at radius 3 is 1.10 bits per heavy atom. The van der Waals surface area contributed by atoms with Crippen molar-refractivity contribution in [3.05, 3.63) is 171 Å². The molecule has 0 amide bonds. The maximum Gasteiger partial charge on any atom is 0.118 e. The van der Waals surface area contributed by atoms with Crippen molar-refractivity contribution < 1.29 is 18.9 Å². The first-order valence-corrected chi connectivity index (χ1v) is 41.4. The summed E-state index contributed by atoms with van der Waals surface area (Å²) in [7, 11) is 12.1. The van der Waals surface area contributed by atoms with Crippen molar-refractivity contribution in [3.8, 4) is 17.2 Å². The van der Waals surface area contributed by atoms with E-state index in [9.17, 15) is 0 Å². The fourth-order valence-corrected chi connectivity index (χ4v) is 17.0. The van der Waals surface area contributed by atoms with E-state index in [1.807, 2.05) is 0 Å². The van der Waals surface area contributed by atoms with Gasteiger partial charge in [0.1, 0.15) is 17.2 Å². The van der Waals surface area contributed by atoms with Crippen LogP contribution >= 0.6 is 0 Å². The fourth-order valence-electron chi connectivity index (χ4n) is 17.0. The Morgan fingerprint density at radius 1 is 0.413 bits per heavy atom. The summed E-state index contributed by atoms with van der Waals surface area (Å²) in [4.78, 5) is 7.82. The SMILES string of the molecule is CC(C)=CC(CC(C)(C)c1ccc(C)cc1)N(C)C1CCOCC1.COc1ccc(C(C)(C)CC(C=C(C)C)N(C)C2CCCCC2)cc1.COc1ccc(C(C)(C)CC(C=C(C)C)N(C)CCCC2CCCCC2)cc1.COc1ccc(C(C)(C)CC(C=C(C)C)NCCCC2CCCCC2)cc1. The number of hydrogen-bond donors (Lipinski definition) is 1. The summed E-state index contributed by atoms with van der Waals surface area (Å²) >= 11 is 0. The Kier molecular flexibility index (Phi) is 39.5. The lowest BCUT2D eigenvalue weighted by molar-refractivity contribution is 0.0313. The minimum Gasteiger partial charge on any atom is -0.497 e. The first-order chi connectivity index (χ1) is 49.3. The van der Waals surface area contributed by atoms with Gasteiger partial charge in [-0.2, -0.15) is 0 Å². The average molecular weight is 1430 g/mol. The first kappa shape index (κ1) is 89.7. The second-order valence-electron chi connectivity index (χ2n) is 35.9. The topological polar surface area (TPSA) is 58.7 Å². The van der Waals surface area contributed by atoms with Gasteiger partial charge in [0.15, 0.2) is 0 Å². The van der Waals surface area contributed by atoms with Crippen molar-refractivity contribution in [3.63, 3.8) is 0 Å². The van der Waals surface area contributed by atoms with Crippen LogP contribution < -0.4 is 19.5 Å². The number of ether oxygens (including phenoxy) is 4. The van der Waals surface area contributed by atoms with E-state index in [2.05, 4.69) is 280 Å². The lowest BCUT2D eigenvalue weighted by atomic mass is 9.78. The van der Waals surface area contributed by atoms with Crippen molar-refractivity contribution in [2.24, 2.45) is 11.8 Å². The Hall–Kier alpha value is -4.96. The summed E-state index contributed by atoms with van der Waals surface area (Å²) in [6.45, 7) is 43.0. The summed E-state index contributed by atoms with van der Waals surface area (Å²) in [5.74, 6) is 4.76. The molecule has 104 heavy (non-hydrogen) atoms. The number of likely N-dealkylation sites (N-methyl/N-ethyl adjacent to an activating group) is 3. The zero-order valence-electron chi connectivity index (χ0n) is 71.1. The highest BCUT2D eigenvalue weighted by molar-refractivity contribution is 5.35. The van der Waals surface area contributed by atoms with Crippen molar-refractivity contribution in [2.45, 2.75) is 336 Å². The first-order valence-electron chi connectivity index (χ1n) is 41.4. The molecule has 0 bridgehead atoms. The molecule has 584 valence electrons. The molecule has 0 aromatic heterocycles. The number of nitrogens with one attached hydrogen (secondary N) is 1. The van der Waals surface area contributed by atoms with Crippen molar-refractivity contribution in [1.29, 1.82) is 0 Å². The summed E-state index contributed by atoms with van der Waals surface area (Å²) < 4.78 is 21.5. The van der Waals surface area contributed by atoms with Gasteiger partial charge in [-0.3, -0.25) is 14.7 Å². The smallest absolute Gasteiger partial charge is 0.118 e. The molecule has 4 unspecified atom stereocenters. The summed E-state index contributed by atoms with van der Waals surface area (Å²) in [5, 5.41) is 3.84. The number of hydrogen-bond acceptors (Lipinski definition) is 8. The highest BCUT2D eigenvalue weighted by Crippen LogP contribution is 2.38. The summed E-state index contributed by atoms with van der Waals surface area (Å²) in [5.41, 5.74) is 13.1. The monoisotopic (exact) mass is 1430 g/mol. The Bertz CT molecular complexity index is 3080. The minimum atomic E-state index is 0.124. The molecule has 0 radical (unpaired) electrons. The number of allylic oxidation sites excluding steroid dienone is 4. The molecule has 1 N–H and O–H groups in total. The van der Waals surface area contributed by atoms with E-state index in [-0.39, 0.29) is 21.7 Å². The van der Waals surface area contributed by atoms with Crippen LogP contribution in [-0.2, 0) is 26.4 Å². The average Bonchev–Trinajstić information content (AvgIpc) is 0.836. The molecular weight excluding hydrogens is 1270 g/mol. The molecule has 8 heteroatoms. The van der Waals surface area contributed by atoms with Crippen LogP contribution in [0.2, 0.25) is 0 Å². The van der Waals surface area contributed by atoms with Crippen LogP contribution in [-0.4, -0.2) is 120 Å². The van der Waals surface area contributed by atoms with Crippen LogP contribution in [0.5, 0.6) is 17.2 Å². The molecule has 4 aromatic rings. The zero-order chi connectivity index (χ0) is 76.5. The van der Waals surface area contributed by atoms with E-state index in [1.165, 1.54) is 179 Å². The number of benzene rings is 4. The van der Waals surface area contributed by atoms with E-state index in [0.717, 1.165) is 93.4 Å². The number of rotatable bonds is 33. The molecule has 1 aliphatic heterocycles. The third-order valence-corrected chi connectivity index (χ3v) is 23.7. The van der Waals surface area contributed by atoms with Gasteiger partial charge in [-0.05, 0) is 266 Å². The van der Waals surface area contributed by atoms with Gasteiger partial charge in [0.05, 0.1) is 21.3 Å². The van der Waals surface area contributed by atoms with Crippen molar-refractivity contribution >= 4 is 0 Å². The van der Waals surface area contributed by atoms with Crippen LogP contribution in [0.3, 0.4) is 0 Å².